The van der Waals surface area contributed by atoms with Gasteiger partial charge in [-0.25, -0.2) is 23.5 Å². The van der Waals surface area contributed by atoms with Gasteiger partial charge < -0.3 is 20.6 Å². The van der Waals surface area contributed by atoms with Crippen molar-refractivity contribution < 1.29 is 23.5 Å². The number of Topliss-reactive ketones (excluding diaryl/α,β-unsaturated/α-hetero) is 1. The van der Waals surface area contributed by atoms with Gasteiger partial charge in [0.25, 0.3) is 0 Å². The fourth-order valence-electron chi connectivity index (χ4n) is 7.03. The normalized spacial score (nSPS) is 13.8. The SMILES string of the molecule is CCc1nc2ccc(Cl)cn2c1C(=O)CCc1ccc(N2CCSCC2)c(F)c1.CCc1nc2ccc(Cl)cn2c1C(=O)O.CCl.NCc1ccc(N2CCSCC2)c(F)c1. The average molecular weight is 933 g/mol. The summed E-state index contributed by atoms with van der Waals surface area (Å²) in [4.78, 5) is 37.0. The monoisotopic (exact) mass is 931 g/mol. The van der Waals surface area contributed by atoms with Crippen LogP contribution in [0.1, 0.15) is 63.8 Å². The molecule has 2 aliphatic rings. The number of ketones is 1. The van der Waals surface area contributed by atoms with E-state index in [1.54, 1.807) is 41.1 Å². The Hall–Kier alpha value is -4.05. The zero-order valence-electron chi connectivity index (χ0n) is 34.4. The van der Waals surface area contributed by atoms with Crippen LogP contribution in [0.5, 0.6) is 0 Å². The zero-order valence-corrected chi connectivity index (χ0v) is 38.3. The summed E-state index contributed by atoms with van der Waals surface area (Å²) < 4.78 is 31.6. The minimum absolute atomic E-state index is 0.00541. The summed E-state index contributed by atoms with van der Waals surface area (Å²) in [5.74, 6) is 2.87. The van der Waals surface area contributed by atoms with E-state index in [1.807, 2.05) is 67.7 Å². The van der Waals surface area contributed by atoms with E-state index in [9.17, 15) is 18.4 Å². The van der Waals surface area contributed by atoms with E-state index in [0.717, 1.165) is 66.0 Å². The Morgan fingerprint density at radius 3 is 1.59 bits per heavy atom. The molecule has 4 aromatic heterocycles. The number of aryl methyl sites for hydroxylation is 3. The third-order valence-electron chi connectivity index (χ3n) is 10.0. The van der Waals surface area contributed by atoms with E-state index in [-0.39, 0.29) is 23.1 Å². The predicted octanol–water partition coefficient (Wildman–Crippen LogP) is 10.00. The Labute approximate surface area is 378 Å². The summed E-state index contributed by atoms with van der Waals surface area (Å²) in [5.41, 5.74) is 11.9. The number of alkyl halides is 1. The quantitative estimate of drug-likeness (QED) is 0.101. The number of pyridine rings is 2. The second-order valence-corrected chi connectivity index (χ2v) is 17.2. The molecule has 0 bridgehead atoms. The number of hydrogen-bond acceptors (Lipinski definition) is 9. The second-order valence-electron chi connectivity index (χ2n) is 13.9. The second kappa shape index (κ2) is 23.4. The highest BCUT2D eigenvalue weighted by atomic mass is 35.5. The van der Waals surface area contributed by atoms with Gasteiger partial charge in [-0.3, -0.25) is 13.6 Å². The summed E-state index contributed by atoms with van der Waals surface area (Å²) >= 11 is 20.4. The van der Waals surface area contributed by atoms with E-state index < -0.39 is 5.97 Å². The number of nitrogens with two attached hydrogens (primary N) is 1. The number of halogens is 5. The van der Waals surface area contributed by atoms with E-state index in [0.29, 0.717) is 76.3 Å². The largest absolute Gasteiger partial charge is 0.477 e. The molecule has 2 aromatic carbocycles. The van der Waals surface area contributed by atoms with Gasteiger partial charge in [-0.1, -0.05) is 49.2 Å². The summed E-state index contributed by atoms with van der Waals surface area (Å²) in [6, 6.07) is 17.6. The maximum Gasteiger partial charge on any atom is 0.354 e. The Morgan fingerprint density at radius 1 is 0.705 bits per heavy atom. The lowest BCUT2D eigenvalue weighted by Crippen LogP contribution is -2.33. The molecule has 3 N–H and O–H groups in total. The average Bonchev–Trinajstić information content (AvgIpc) is 3.85. The summed E-state index contributed by atoms with van der Waals surface area (Å²) in [5, 5.41) is 10.1. The van der Waals surface area contributed by atoms with E-state index >= 15 is 0 Å². The summed E-state index contributed by atoms with van der Waals surface area (Å²) in [6.07, 6.45) is 6.79. The highest BCUT2D eigenvalue weighted by molar-refractivity contribution is 7.99. The highest BCUT2D eigenvalue weighted by Gasteiger charge is 2.21. The predicted molar refractivity (Wildman–Crippen MR) is 250 cm³/mol. The molecule has 326 valence electrons. The molecule has 0 atom stereocenters. The van der Waals surface area contributed by atoms with Crippen LogP contribution in [0.2, 0.25) is 10.0 Å². The van der Waals surface area contributed by atoms with Crippen molar-refractivity contribution >= 4 is 92.7 Å². The van der Waals surface area contributed by atoms with Crippen molar-refractivity contribution in [2.24, 2.45) is 5.73 Å². The van der Waals surface area contributed by atoms with Gasteiger partial charge in [-0.05, 0) is 78.9 Å². The molecule has 0 spiro atoms. The van der Waals surface area contributed by atoms with Gasteiger partial charge in [0.2, 0.25) is 0 Å². The molecule has 6 aromatic rings. The molecule has 0 radical (unpaired) electrons. The van der Waals surface area contributed by atoms with Crippen LogP contribution >= 0.6 is 58.3 Å². The van der Waals surface area contributed by atoms with Crippen molar-refractivity contribution in [3.05, 3.63) is 129 Å². The zero-order chi connectivity index (χ0) is 44.1. The van der Waals surface area contributed by atoms with Gasteiger partial charge in [-0.2, -0.15) is 23.5 Å². The van der Waals surface area contributed by atoms with Crippen LogP contribution in [-0.4, -0.2) is 91.2 Å². The van der Waals surface area contributed by atoms with Gasteiger partial charge in [-0.15, -0.1) is 11.6 Å². The molecule has 2 saturated heterocycles. The Kier molecular flexibility index (Phi) is 18.4. The highest BCUT2D eigenvalue weighted by Crippen LogP contribution is 2.26. The Balaban J connectivity index is 0.000000186. The molecule has 2 fully saturated rings. The van der Waals surface area contributed by atoms with Crippen LogP contribution in [0.4, 0.5) is 20.2 Å². The molecule has 0 saturated carbocycles. The number of hydrogen-bond donors (Lipinski definition) is 2. The van der Waals surface area contributed by atoms with Gasteiger partial charge in [0.1, 0.15) is 28.6 Å². The van der Waals surface area contributed by atoms with E-state index in [4.69, 9.17) is 34.0 Å². The number of carbonyl (C=O) groups excluding carboxylic acids is 1. The number of aromatic nitrogens is 4. The molecule has 61 heavy (non-hydrogen) atoms. The number of imidazole rings is 2. The lowest BCUT2D eigenvalue weighted by atomic mass is 10.0. The first kappa shape index (κ1) is 48.0. The number of carboxylic acid groups (broad SMARTS) is 1. The number of aromatic carboxylic acids is 1. The molecule has 0 aliphatic carbocycles. The number of thioether (sulfide) groups is 2. The molecule has 17 heteroatoms. The first-order valence-electron chi connectivity index (χ1n) is 19.9. The van der Waals surface area contributed by atoms with Crippen molar-refractivity contribution in [3.8, 4) is 0 Å². The lowest BCUT2D eigenvalue weighted by molar-refractivity contribution is 0.0687. The van der Waals surface area contributed by atoms with Crippen molar-refractivity contribution in [1.82, 2.24) is 18.8 Å². The molecule has 10 nitrogen and oxygen atoms in total. The molecular weight excluding hydrogens is 883 g/mol. The summed E-state index contributed by atoms with van der Waals surface area (Å²) in [6.45, 7) is 7.86. The minimum Gasteiger partial charge on any atom is -0.477 e. The molecular formula is C44H50Cl3F2N7O3S2. The Bertz CT molecular complexity index is 2420. The number of nitrogens with zero attached hydrogens (tertiary/aromatic N) is 6. The first-order chi connectivity index (χ1) is 29.5. The van der Waals surface area contributed by atoms with Crippen LogP contribution in [-0.2, 0) is 25.8 Å². The fraction of sp³-hybridized carbons (Fsp3) is 0.364. The van der Waals surface area contributed by atoms with Gasteiger partial charge >= 0.3 is 5.97 Å². The van der Waals surface area contributed by atoms with Crippen LogP contribution in [0, 0.1) is 11.6 Å². The molecule has 8 rings (SSSR count). The standard InChI is InChI=1S/C22H23ClFN3OS.C11H15FN2S.C10H9ClN2O2.CH3Cl/c1-2-18-22(27-14-16(23)5-8-21(27)25-18)20(28)7-4-15-3-6-19(17(24)13-15)26-9-11-29-12-10-26;12-10-7-9(8-13)1-2-11(10)14-3-5-15-6-4-14;1-2-7-9(10(14)15)13-5-6(11)3-4-8(13)12-7;1-2/h3,5-6,8,13-14H,2,4,7,9-12H2,1H3;1-2,7H,3-6,8,13H2;3-5H,2H2,1H3,(H,14,15);1H3. The maximum atomic E-state index is 14.6. The molecule has 2 aliphatic heterocycles. The van der Waals surface area contributed by atoms with Crippen molar-refractivity contribution in [2.45, 2.75) is 46.1 Å². The van der Waals surface area contributed by atoms with Crippen LogP contribution < -0.4 is 15.5 Å². The van der Waals surface area contributed by atoms with Gasteiger partial charge in [0.05, 0.1) is 32.8 Å². The molecule has 6 heterocycles. The van der Waals surface area contributed by atoms with Gasteiger partial charge in [0.15, 0.2) is 11.5 Å². The number of fused-ring (bicyclic) bond motifs is 2. The van der Waals surface area contributed by atoms with Crippen molar-refractivity contribution in [3.63, 3.8) is 0 Å². The van der Waals surface area contributed by atoms with Gasteiger partial charge in [0, 0.05) is 80.9 Å². The number of anilines is 2. The third-order valence-corrected chi connectivity index (χ3v) is 12.4. The van der Waals surface area contributed by atoms with Crippen molar-refractivity contribution in [1.29, 1.82) is 0 Å². The van der Waals surface area contributed by atoms with E-state index in [2.05, 4.69) is 31.4 Å². The van der Waals surface area contributed by atoms with Crippen LogP contribution in [0.25, 0.3) is 11.3 Å². The summed E-state index contributed by atoms with van der Waals surface area (Å²) in [7, 11) is 0. The maximum absolute atomic E-state index is 14.6. The minimum atomic E-state index is -0.985. The Morgan fingerprint density at radius 2 is 1.15 bits per heavy atom. The van der Waals surface area contributed by atoms with Crippen molar-refractivity contribution in [2.75, 3.05) is 65.4 Å². The number of carboxylic acids is 1. The fourth-order valence-corrected chi connectivity index (χ4v) is 9.16. The first-order valence-corrected chi connectivity index (χ1v) is 23.7. The van der Waals surface area contributed by atoms with Crippen LogP contribution in [0.3, 0.4) is 0 Å². The number of rotatable bonds is 10. The lowest BCUT2D eigenvalue weighted by Gasteiger charge is -2.28. The third kappa shape index (κ3) is 12.3. The molecule has 0 unspecified atom stereocenters. The smallest absolute Gasteiger partial charge is 0.354 e. The number of benzene rings is 2. The number of carbonyl (C=O) groups is 2. The van der Waals surface area contributed by atoms with Crippen LogP contribution in [0.15, 0.2) is 73.1 Å². The topological polar surface area (TPSA) is 121 Å². The van der Waals surface area contributed by atoms with E-state index in [1.165, 1.54) is 16.8 Å². The molecule has 0 amide bonds.